The molecule has 0 bridgehead atoms. The van der Waals surface area contributed by atoms with Crippen molar-refractivity contribution >= 4 is 34.2 Å². The second-order valence-electron chi connectivity index (χ2n) is 10.1. The molecular formula is C35H30N2O5S. The maximum absolute atomic E-state index is 13.8. The standard InChI is InChI=1S/C35H30N2O5S/c1-4-41-34(39)31-22(2)36-35-37(32(31)25-14-18-27(40-3)19-15-25)33(38)30(43-35)20-23-12-16-28(17-13-23)42-21-26-10-7-9-24-8-5-6-11-29(24)26/h5-20,32H,4,21H2,1-3H3/b30-20+/t32-/m1/s1. The highest BCUT2D eigenvalue weighted by atomic mass is 32.1. The molecule has 0 spiro atoms. The highest BCUT2D eigenvalue weighted by Gasteiger charge is 2.33. The second kappa shape index (κ2) is 12.1. The van der Waals surface area contributed by atoms with Gasteiger partial charge in [-0.2, -0.15) is 0 Å². The second-order valence-corrected chi connectivity index (χ2v) is 11.1. The van der Waals surface area contributed by atoms with Crippen LogP contribution in [0.5, 0.6) is 11.5 Å². The average Bonchev–Trinajstić information content (AvgIpc) is 3.33. The number of nitrogens with zero attached hydrogens (tertiary/aromatic N) is 2. The van der Waals surface area contributed by atoms with Crippen molar-refractivity contribution < 1.29 is 19.0 Å². The van der Waals surface area contributed by atoms with Gasteiger partial charge in [0.25, 0.3) is 5.56 Å². The van der Waals surface area contributed by atoms with Crippen LogP contribution < -0.4 is 24.4 Å². The average molecular weight is 591 g/mol. The van der Waals surface area contributed by atoms with Crippen molar-refractivity contribution in [1.82, 2.24) is 4.57 Å². The SMILES string of the molecule is CCOC(=O)C1=C(C)N=c2s/c(=C/c3ccc(OCc4cccc5ccccc45)cc3)c(=O)n2[C@@H]1c1ccc(OC)cc1. The molecule has 0 amide bonds. The lowest BCUT2D eigenvalue weighted by atomic mass is 9.96. The number of methoxy groups -OCH3 is 1. The maximum Gasteiger partial charge on any atom is 0.338 e. The lowest BCUT2D eigenvalue weighted by Crippen LogP contribution is -2.39. The van der Waals surface area contributed by atoms with Crippen LogP contribution in [-0.4, -0.2) is 24.3 Å². The zero-order chi connectivity index (χ0) is 29.9. The number of hydrogen-bond acceptors (Lipinski definition) is 7. The van der Waals surface area contributed by atoms with Crippen molar-refractivity contribution in [2.75, 3.05) is 13.7 Å². The van der Waals surface area contributed by atoms with Crippen molar-refractivity contribution in [3.8, 4) is 11.5 Å². The number of ether oxygens (including phenoxy) is 3. The molecule has 0 saturated heterocycles. The molecule has 0 aliphatic carbocycles. The molecule has 0 saturated carbocycles. The summed E-state index contributed by atoms with van der Waals surface area (Å²) in [6.07, 6.45) is 1.84. The summed E-state index contributed by atoms with van der Waals surface area (Å²) < 4.78 is 18.9. The van der Waals surface area contributed by atoms with Gasteiger partial charge < -0.3 is 14.2 Å². The molecule has 0 N–H and O–H groups in total. The number of benzene rings is 4. The van der Waals surface area contributed by atoms with Crippen LogP contribution in [-0.2, 0) is 16.1 Å². The molecular weight excluding hydrogens is 560 g/mol. The molecule has 8 heteroatoms. The van der Waals surface area contributed by atoms with Gasteiger partial charge in [-0.1, -0.05) is 78.1 Å². The molecule has 0 radical (unpaired) electrons. The number of esters is 1. The summed E-state index contributed by atoms with van der Waals surface area (Å²) in [6.45, 7) is 4.20. The van der Waals surface area contributed by atoms with E-state index in [-0.39, 0.29) is 12.2 Å². The zero-order valence-electron chi connectivity index (χ0n) is 24.1. The fourth-order valence-corrected chi connectivity index (χ4v) is 6.33. The fourth-order valence-electron chi connectivity index (χ4n) is 5.28. The molecule has 1 aromatic heterocycles. The number of hydrogen-bond donors (Lipinski definition) is 0. The molecule has 0 fully saturated rings. The Morgan fingerprint density at radius 3 is 2.42 bits per heavy atom. The van der Waals surface area contributed by atoms with Crippen LogP contribution in [0.2, 0.25) is 0 Å². The Labute approximate surface area is 252 Å². The number of fused-ring (bicyclic) bond motifs is 2. The number of rotatable bonds is 8. The van der Waals surface area contributed by atoms with E-state index in [0.29, 0.717) is 33.0 Å². The monoisotopic (exact) mass is 590 g/mol. The Morgan fingerprint density at radius 2 is 1.67 bits per heavy atom. The van der Waals surface area contributed by atoms with E-state index in [2.05, 4.69) is 29.3 Å². The minimum absolute atomic E-state index is 0.219. The third-order valence-corrected chi connectivity index (χ3v) is 8.38. The van der Waals surface area contributed by atoms with Crippen molar-refractivity contribution in [3.05, 3.63) is 139 Å². The van der Waals surface area contributed by atoms with Crippen molar-refractivity contribution in [1.29, 1.82) is 0 Å². The van der Waals surface area contributed by atoms with Gasteiger partial charge in [0.2, 0.25) is 0 Å². The van der Waals surface area contributed by atoms with Gasteiger partial charge in [0.05, 0.1) is 35.6 Å². The number of thiazole rings is 1. The lowest BCUT2D eigenvalue weighted by molar-refractivity contribution is -0.139. The third kappa shape index (κ3) is 5.61. The Hall–Kier alpha value is -4.95. The van der Waals surface area contributed by atoms with Gasteiger partial charge in [0.1, 0.15) is 18.1 Å². The molecule has 5 aromatic rings. The van der Waals surface area contributed by atoms with Crippen LogP contribution in [0.25, 0.3) is 16.8 Å². The van der Waals surface area contributed by atoms with E-state index in [1.807, 2.05) is 72.8 Å². The van der Waals surface area contributed by atoms with Crippen molar-refractivity contribution in [2.24, 2.45) is 4.99 Å². The highest BCUT2D eigenvalue weighted by molar-refractivity contribution is 7.07. The van der Waals surface area contributed by atoms with Crippen LogP contribution in [0.1, 0.15) is 36.6 Å². The Balaban J connectivity index is 1.31. The Morgan fingerprint density at radius 1 is 0.953 bits per heavy atom. The van der Waals surface area contributed by atoms with E-state index in [4.69, 9.17) is 14.2 Å². The summed E-state index contributed by atoms with van der Waals surface area (Å²) >= 11 is 1.29. The first-order chi connectivity index (χ1) is 21.0. The first kappa shape index (κ1) is 28.2. The number of aromatic nitrogens is 1. The first-order valence-corrected chi connectivity index (χ1v) is 14.8. The summed E-state index contributed by atoms with van der Waals surface area (Å²) in [4.78, 5) is 32.1. The first-order valence-electron chi connectivity index (χ1n) is 14.0. The summed E-state index contributed by atoms with van der Waals surface area (Å²) in [6, 6.07) is 28.8. The van der Waals surface area contributed by atoms with E-state index in [0.717, 1.165) is 22.4 Å². The van der Waals surface area contributed by atoms with Gasteiger partial charge in [-0.05, 0) is 71.7 Å². The van der Waals surface area contributed by atoms with Gasteiger partial charge in [0, 0.05) is 0 Å². The van der Waals surface area contributed by atoms with Gasteiger partial charge in [-0.25, -0.2) is 9.79 Å². The minimum atomic E-state index is -0.673. The summed E-state index contributed by atoms with van der Waals surface area (Å²) in [5.74, 6) is 0.929. The normalized spacial score (nSPS) is 14.8. The van der Waals surface area contributed by atoms with E-state index in [1.165, 1.54) is 22.1 Å². The lowest BCUT2D eigenvalue weighted by Gasteiger charge is -2.24. The molecule has 4 aromatic carbocycles. The quantitative estimate of drug-likeness (QED) is 0.222. The molecule has 6 rings (SSSR count). The van der Waals surface area contributed by atoms with Crippen LogP contribution in [0, 0.1) is 0 Å². The Bertz CT molecular complexity index is 2020. The van der Waals surface area contributed by atoms with Crippen LogP contribution in [0.4, 0.5) is 0 Å². The van der Waals surface area contributed by atoms with Gasteiger partial charge >= 0.3 is 5.97 Å². The molecule has 2 heterocycles. The molecule has 216 valence electrons. The van der Waals surface area contributed by atoms with E-state index < -0.39 is 12.0 Å². The molecule has 43 heavy (non-hydrogen) atoms. The molecule has 0 unspecified atom stereocenters. The number of carbonyl (C=O) groups is 1. The van der Waals surface area contributed by atoms with Gasteiger partial charge in [0.15, 0.2) is 4.80 Å². The molecule has 1 aliphatic heterocycles. The number of carbonyl (C=O) groups excluding carboxylic acids is 1. The largest absolute Gasteiger partial charge is 0.497 e. The van der Waals surface area contributed by atoms with Crippen molar-refractivity contribution in [3.63, 3.8) is 0 Å². The van der Waals surface area contributed by atoms with Crippen molar-refractivity contribution in [2.45, 2.75) is 26.5 Å². The molecule has 1 atom stereocenters. The smallest absolute Gasteiger partial charge is 0.338 e. The third-order valence-electron chi connectivity index (χ3n) is 7.40. The Kier molecular flexibility index (Phi) is 7.94. The van der Waals surface area contributed by atoms with Crippen LogP contribution in [0.3, 0.4) is 0 Å². The number of allylic oxidation sites excluding steroid dienone is 1. The topological polar surface area (TPSA) is 79.1 Å². The van der Waals surface area contributed by atoms with Gasteiger partial charge in [-0.3, -0.25) is 9.36 Å². The summed E-state index contributed by atoms with van der Waals surface area (Å²) in [5.41, 5.74) is 3.38. The predicted molar refractivity (Wildman–Crippen MR) is 168 cm³/mol. The molecule has 1 aliphatic rings. The predicted octanol–water partition coefficient (Wildman–Crippen LogP) is 5.54. The van der Waals surface area contributed by atoms with E-state index in [9.17, 15) is 9.59 Å². The van der Waals surface area contributed by atoms with E-state index >= 15 is 0 Å². The summed E-state index contributed by atoms with van der Waals surface area (Å²) in [7, 11) is 1.59. The van der Waals surface area contributed by atoms with Gasteiger partial charge in [-0.15, -0.1) is 0 Å². The fraction of sp³-hybridized carbons (Fsp3) is 0.171. The zero-order valence-corrected chi connectivity index (χ0v) is 24.9. The van der Waals surface area contributed by atoms with Crippen LogP contribution in [0.15, 0.2) is 112 Å². The molecule has 7 nitrogen and oxygen atoms in total. The minimum Gasteiger partial charge on any atom is -0.497 e. The highest BCUT2D eigenvalue weighted by Crippen LogP contribution is 2.31. The maximum atomic E-state index is 13.8. The summed E-state index contributed by atoms with van der Waals surface area (Å²) in [5, 5.41) is 2.35. The van der Waals surface area contributed by atoms with Crippen LogP contribution >= 0.6 is 11.3 Å². The van der Waals surface area contributed by atoms with E-state index in [1.54, 1.807) is 25.5 Å².